The monoisotopic (exact) mass is 473 g/mol. The second-order valence-corrected chi connectivity index (χ2v) is 8.33. The van der Waals surface area contributed by atoms with Gasteiger partial charge in [-0.15, -0.1) is 11.3 Å². The van der Waals surface area contributed by atoms with Crippen LogP contribution in [0.3, 0.4) is 0 Å². The number of esters is 1. The Morgan fingerprint density at radius 2 is 2.06 bits per heavy atom. The summed E-state index contributed by atoms with van der Waals surface area (Å²) in [7, 11) is 2.89. The highest BCUT2D eigenvalue weighted by Crippen LogP contribution is 2.28. The van der Waals surface area contributed by atoms with Gasteiger partial charge in [0.1, 0.15) is 17.3 Å². The van der Waals surface area contributed by atoms with Gasteiger partial charge < -0.3 is 19.5 Å². The van der Waals surface area contributed by atoms with E-state index in [1.54, 1.807) is 17.3 Å². The first-order valence-corrected chi connectivity index (χ1v) is 11.6. The summed E-state index contributed by atoms with van der Waals surface area (Å²) in [4.78, 5) is 32.1. The number of fused-ring (bicyclic) bond motifs is 1. The Balaban J connectivity index is 1.60. The SMILES string of the molecule is COC(=O)[C@H](Cc1cscn1)NC(=O)c1nn(CCN2CCOCC2)c2c(OC)cccc12. The summed E-state index contributed by atoms with van der Waals surface area (Å²) in [5, 5.41) is 9.89. The summed E-state index contributed by atoms with van der Waals surface area (Å²) < 4.78 is 17.7. The van der Waals surface area contributed by atoms with Crippen molar-refractivity contribution in [3.05, 3.63) is 40.5 Å². The predicted molar refractivity (Wildman–Crippen MR) is 123 cm³/mol. The van der Waals surface area contributed by atoms with E-state index in [0.29, 0.717) is 36.6 Å². The molecule has 1 aliphatic heterocycles. The Labute approximate surface area is 195 Å². The number of methoxy groups -OCH3 is 2. The third kappa shape index (κ3) is 5.32. The third-order valence-electron chi connectivity index (χ3n) is 5.59. The van der Waals surface area contributed by atoms with E-state index in [9.17, 15) is 9.59 Å². The van der Waals surface area contributed by atoms with Gasteiger partial charge in [-0.3, -0.25) is 14.4 Å². The normalized spacial score (nSPS) is 15.3. The largest absolute Gasteiger partial charge is 0.494 e. The van der Waals surface area contributed by atoms with Gasteiger partial charge >= 0.3 is 5.97 Å². The molecule has 11 heteroatoms. The first kappa shape index (κ1) is 23.1. The van der Waals surface area contributed by atoms with Gasteiger partial charge in [0.05, 0.1) is 45.2 Å². The highest BCUT2D eigenvalue weighted by molar-refractivity contribution is 7.07. The van der Waals surface area contributed by atoms with Gasteiger partial charge in [-0.1, -0.05) is 12.1 Å². The van der Waals surface area contributed by atoms with Crippen LogP contribution in [0.2, 0.25) is 0 Å². The van der Waals surface area contributed by atoms with Gasteiger partial charge in [0, 0.05) is 36.8 Å². The van der Waals surface area contributed by atoms with Crippen LogP contribution in [0.1, 0.15) is 16.2 Å². The molecular weight excluding hydrogens is 446 g/mol. The molecule has 1 aromatic carbocycles. The first-order chi connectivity index (χ1) is 16.1. The fourth-order valence-corrected chi connectivity index (χ4v) is 4.44. The van der Waals surface area contributed by atoms with Gasteiger partial charge in [0.2, 0.25) is 0 Å². The molecule has 0 saturated carbocycles. The molecule has 1 saturated heterocycles. The molecule has 176 valence electrons. The number of para-hydroxylation sites is 1. The van der Waals surface area contributed by atoms with E-state index in [4.69, 9.17) is 14.2 Å². The summed E-state index contributed by atoms with van der Waals surface area (Å²) in [5.74, 6) is -0.359. The number of carbonyl (C=O) groups excluding carboxylic acids is 2. The lowest BCUT2D eigenvalue weighted by atomic mass is 10.1. The van der Waals surface area contributed by atoms with Gasteiger partial charge in [-0.2, -0.15) is 5.10 Å². The number of benzene rings is 1. The standard InChI is InChI=1S/C22H27N5O5S/c1-30-18-5-3-4-16-19(25-27(20(16)18)7-6-26-8-10-32-11-9-26)21(28)24-17(22(29)31-2)12-15-13-33-14-23-15/h3-5,13-14,17H,6-12H2,1-2H3,(H,24,28)/t17-/m0/s1. The van der Waals surface area contributed by atoms with Crippen molar-refractivity contribution in [1.29, 1.82) is 0 Å². The smallest absolute Gasteiger partial charge is 0.328 e. The molecule has 1 atom stereocenters. The van der Waals surface area contributed by atoms with Crippen molar-refractivity contribution in [1.82, 2.24) is 25.0 Å². The van der Waals surface area contributed by atoms with Crippen LogP contribution in [0, 0.1) is 0 Å². The third-order valence-corrected chi connectivity index (χ3v) is 6.22. The van der Waals surface area contributed by atoms with E-state index in [1.807, 2.05) is 23.6 Å². The summed E-state index contributed by atoms with van der Waals surface area (Å²) in [5.41, 5.74) is 3.37. The lowest BCUT2D eigenvalue weighted by Crippen LogP contribution is -2.43. The number of rotatable bonds is 9. The van der Waals surface area contributed by atoms with Crippen molar-refractivity contribution in [2.24, 2.45) is 0 Å². The number of hydrogen-bond acceptors (Lipinski definition) is 9. The minimum atomic E-state index is -0.872. The van der Waals surface area contributed by atoms with E-state index in [0.717, 1.165) is 25.2 Å². The summed E-state index contributed by atoms with van der Waals surface area (Å²) in [6.45, 7) is 4.51. The second kappa shape index (κ2) is 10.7. The lowest BCUT2D eigenvalue weighted by Gasteiger charge is -2.26. The molecule has 1 N–H and O–H groups in total. The molecular formula is C22H27N5O5S. The average Bonchev–Trinajstić information content (AvgIpc) is 3.50. The molecule has 33 heavy (non-hydrogen) atoms. The predicted octanol–water partition coefficient (Wildman–Crippen LogP) is 1.35. The molecule has 1 amide bonds. The number of nitrogens with one attached hydrogen (secondary N) is 1. The molecule has 0 spiro atoms. The molecule has 0 aliphatic carbocycles. The first-order valence-electron chi connectivity index (χ1n) is 10.7. The molecule has 0 radical (unpaired) electrons. The molecule has 4 rings (SSSR count). The molecule has 1 aliphatic rings. The van der Waals surface area contributed by atoms with Gasteiger partial charge in [-0.25, -0.2) is 9.78 Å². The van der Waals surface area contributed by atoms with Crippen molar-refractivity contribution in [2.75, 3.05) is 47.1 Å². The molecule has 0 unspecified atom stereocenters. The summed E-state index contributed by atoms with van der Waals surface area (Å²) in [6, 6.07) is 4.62. The maximum atomic E-state index is 13.3. The summed E-state index contributed by atoms with van der Waals surface area (Å²) in [6.07, 6.45) is 0.237. The Morgan fingerprint density at radius 1 is 1.24 bits per heavy atom. The van der Waals surface area contributed by atoms with E-state index >= 15 is 0 Å². The minimum Gasteiger partial charge on any atom is -0.494 e. The van der Waals surface area contributed by atoms with E-state index in [-0.39, 0.29) is 12.1 Å². The second-order valence-electron chi connectivity index (χ2n) is 7.62. The maximum absolute atomic E-state index is 13.3. The van der Waals surface area contributed by atoms with Crippen LogP contribution in [-0.4, -0.2) is 84.7 Å². The van der Waals surface area contributed by atoms with Crippen LogP contribution in [0.4, 0.5) is 0 Å². The average molecular weight is 474 g/mol. The topological polar surface area (TPSA) is 108 Å². The van der Waals surface area contributed by atoms with Crippen molar-refractivity contribution in [3.8, 4) is 5.75 Å². The quantitative estimate of drug-likeness (QED) is 0.464. The Hall–Kier alpha value is -3.02. The van der Waals surface area contributed by atoms with Gasteiger partial charge in [-0.05, 0) is 6.07 Å². The molecule has 10 nitrogen and oxygen atoms in total. The van der Waals surface area contributed by atoms with Crippen molar-refractivity contribution in [2.45, 2.75) is 19.0 Å². The Kier molecular flexibility index (Phi) is 7.53. The molecule has 0 bridgehead atoms. The number of nitrogens with zero attached hydrogens (tertiary/aromatic N) is 4. The molecule has 3 aromatic rings. The summed E-state index contributed by atoms with van der Waals surface area (Å²) >= 11 is 1.43. The minimum absolute atomic E-state index is 0.234. The van der Waals surface area contributed by atoms with Gasteiger partial charge in [0.15, 0.2) is 5.69 Å². The number of amides is 1. The zero-order chi connectivity index (χ0) is 23.2. The van der Waals surface area contributed by atoms with Crippen LogP contribution >= 0.6 is 11.3 Å². The van der Waals surface area contributed by atoms with Crippen molar-refractivity contribution in [3.63, 3.8) is 0 Å². The zero-order valence-electron chi connectivity index (χ0n) is 18.7. The fraction of sp³-hybridized carbons (Fsp3) is 0.455. The van der Waals surface area contributed by atoms with E-state index < -0.39 is 17.9 Å². The van der Waals surface area contributed by atoms with Crippen molar-refractivity contribution < 1.29 is 23.8 Å². The zero-order valence-corrected chi connectivity index (χ0v) is 19.5. The highest BCUT2D eigenvalue weighted by Gasteiger charge is 2.27. The molecule has 2 aromatic heterocycles. The van der Waals surface area contributed by atoms with E-state index in [1.165, 1.54) is 18.4 Å². The van der Waals surface area contributed by atoms with Crippen LogP contribution in [0.5, 0.6) is 5.75 Å². The molecule has 1 fully saturated rings. The van der Waals surface area contributed by atoms with Gasteiger partial charge in [0.25, 0.3) is 5.91 Å². The number of aromatic nitrogens is 3. The highest BCUT2D eigenvalue weighted by atomic mass is 32.1. The number of hydrogen-bond donors (Lipinski definition) is 1. The number of carbonyl (C=O) groups is 2. The lowest BCUT2D eigenvalue weighted by molar-refractivity contribution is -0.142. The number of ether oxygens (including phenoxy) is 3. The van der Waals surface area contributed by atoms with Crippen LogP contribution in [-0.2, 0) is 27.2 Å². The van der Waals surface area contributed by atoms with Crippen LogP contribution in [0.25, 0.3) is 10.9 Å². The van der Waals surface area contributed by atoms with Crippen LogP contribution in [0.15, 0.2) is 29.1 Å². The fourth-order valence-electron chi connectivity index (χ4n) is 3.87. The maximum Gasteiger partial charge on any atom is 0.328 e. The Morgan fingerprint density at radius 3 is 2.76 bits per heavy atom. The van der Waals surface area contributed by atoms with E-state index in [2.05, 4.69) is 20.3 Å². The number of morpholine rings is 1. The number of thiazole rings is 1. The Bertz CT molecular complexity index is 1090. The van der Waals surface area contributed by atoms with Crippen molar-refractivity contribution >= 4 is 34.1 Å². The molecule has 3 heterocycles. The van der Waals surface area contributed by atoms with Crippen LogP contribution < -0.4 is 10.1 Å².